The number of rotatable bonds is 5. The lowest BCUT2D eigenvalue weighted by atomic mass is 9.89. The molecule has 0 radical (unpaired) electrons. The first-order valence-corrected chi connectivity index (χ1v) is 9.29. The average Bonchev–Trinajstić information content (AvgIpc) is 3.37. The molecule has 5 rings (SSSR count). The van der Waals surface area contributed by atoms with Gasteiger partial charge in [0.2, 0.25) is 0 Å². The molecule has 0 bridgehead atoms. The molecule has 1 fully saturated rings. The van der Waals surface area contributed by atoms with Crippen LogP contribution in [0.25, 0.3) is 16.7 Å². The van der Waals surface area contributed by atoms with Crippen molar-refractivity contribution in [3.8, 4) is 0 Å². The maximum Gasteiger partial charge on any atom is 0.257 e. The number of aliphatic hydroxyl groups excluding tert-OH is 1. The van der Waals surface area contributed by atoms with Crippen LogP contribution in [0, 0.1) is 0 Å². The Hall–Kier alpha value is -3.66. The summed E-state index contributed by atoms with van der Waals surface area (Å²) in [6, 6.07) is 7.12. The Bertz CT molecular complexity index is 1220. The zero-order chi connectivity index (χ0) is 20.0. The molecule has 2 unspecified atom stereocenters. The Kier molecular flexibility index (Phi) is 4.06. The molecule has 148 valence electrons. The van der Waals surface area contributed by atoms with Gasteiger partial charge in [0, 0.05) is 13.1 Å². The molecule has 1 aliphatic carbocycles. The van der Waals surface area contributed by atoms with Crippen molar-refractivity contribution in [1.82, 2.24) is 24.9 Å². The standard InChI is InChI=1S/C19H19N7O3/c1-20-16-7-15(23-12-3-2-4-14-17(12)21-9-29-14)25-18-10(8-22-26(16)18)19(28)24-11-5-6-13(11)27/h2-4,7-9,11,13,20,27H,5-6H2,1H3,(H,23,25)(H,24,28). The molecule has 29 heavy (non-hydrogen) atoms. The summed E-state index contributed by atoms with van der Waals surface area (Å²) in [5.74, 6) is 0.872. The van der Waals surface area contributed by atoms with Crippen LogP contribution in [0.1, 0.15) is 23.2 Å². The fraction of sp³-hybridized carbons (Fsp3) is 0.263. The largest absolute Gasteiger partial charge is 0.443 e. The van der Waals surface area contributed by atoms with E-state index < -0.39 is 6.10 Å². The first kappa shape index (κ1) is 17.4. The van der Waals surface area contributed by atoms with Gasteiger partial charge in [-0.15, -0.1) is 0 Å². The number of carbonyl (C=O) groups excluding carboxylic acids is 1. The molecule has 1 aliphatic rings. The third-order valence-corrected chi connectivity index (χ3v) is 5.15. The lowest BCUT2D eigenvalue weighted by molar-refractivity contribution is 0.0448. The van der Waals surface area contributed by atoms with Gasteiger partial charge in [-0.3, -0.25) is 4.79 Å². The quantitative estimate of drug-likeness (QED) is 0.405. The molecule has 1 amide bonds. The van der Waals surface area contributed by atoms with Gasteiger partial charge in [-0.25, -0.2) is 9.97 Å². The average molecular weight is 393 g/mol. The minimum Gasteiger partial charge on any atom is -0.443 e. The highest BCUT2D eigenvalue weighted by atomic mass is 16.3. The number of para-hydroxylation sites is 1. The van der Waals surface area contributed by atoms with E-state index in [-0.39, 0.29) is 11.9 Å². The highest BCUT2D eigenvalue weighted by molar-refractivity contribution is 6.00. The van der Waals surface area contributed by atoms with Crippen LogP contribution in [0.5, 0.6) is 0 Å². The number of nitrogens with zero attached hydrogens (tertiary/aromatic N) is 4. The number of hydrogen-bond donors (Lipinski definition) is 4. The first-order valence-electron chi connectivity index (χ1n) is 9.29. The fourth-order valence-corrected chi connectivity index (χ4v) is 3.39. The van der Waals surface area contributed by atoms with Crippen molar-refractivity contribution in [2.45, 2.75) is 25.0 Å². The number of hydrogen-bond acceptors (Lipinski definition) is 8. The van der Waals surface area contributed by atoms with Crippen LogP contribution in [0.15, 0.2) is 41.3 Å². The van der Waals surface area contributed by atoms with Crippen molar-refractivity contribution in [2.24, 2.45) is 0 Å². The molecule has 1 aromatic carbocycles. The zero-order valence-corrected chi connectivity index (χ0v) is 15.6. The smallest absolute Gasteiger partial charge is 0.257 e. The Morgan fingerprint density at radius 1 is 1.34 bits per heavy atom. The molecule has 0 aliphatic heterocycles. The van der Waals surface area contributed by atoms with Gasteiger partial charge in [-0.2, -0.15) is 9.61 Å². The van der Waals surface area contributed by atoms with E-state index in [0.29, 0.717) is 40.4 Å². The fourth-order valence-electron chi connectivity index (χ4n) is 3.39. The molecule has 3 aromatic heterocycles. The number of fused-ring (bicyclic) bond motifs is 2. The Morgan fingerprint density at radius 2 is 2.24 bits per heavy atom. The van der Waals surface area contributed by atoms with Crippen LogP contribution in [0.2, 0.25) is 0 Å². The van der Waals surface area contributed by atoms with Crippen molar-refractivity contribution in [3.05, 3.63) is 42.4 Å². The summed E-state index contributed by atoms with van der Waals surface area (Å²) in [6.07, 6.45) is 3.83. The van der Waals surface area contributed by atoms with Gasteiger partial charge in [0.15, 0.2) is 17.6 Å². The number of benzene rings is 1. The number of carbonyl (C=O) groups is 1. The Morgan fingerprint density at radius 3 is 3.00 bits per heavy atom. The summed E-state index contributed by atoms with van der Waals surface area (Å²) in [4.78, 5) is 21.5. The van der Waals surface area contributed by atoms with E-state index in [9.17, 15) is 9.90 Å². The van der Waals surface area contributed by atoms with Gasteiger partial charge in [0.1, 0.15) is 22.7 Å². The first-order chi connectivity index (χ1) is 14.1. The van der Waals surface area contributed by atoms with Crippen LogP contribution >= 0.6 is 0 Å². The maximum absolute atomic E-state index is 12.7. The molecular weight excluding hydrogens is 374 g/mol. The maximum atomic E-state index is 12.7. The van der Waals surface area contributed by atoms with E-state index in [1.54, 1.807) is 17.6 Å². The number of aliphatic hydroxyl groups is 1. The molecule has 0 saturated heterocycles. The number of amides is 1. The van der Waals surface area contributed by atoms with Gasteiger partial charge < -0.3 is 25.5 Å². The van der Waals surface area contributed by atoms with E-state index in [2.05, 4.69) is 31.0 Å². The third-order valence-electron chi connectivity index (χ3n) is 5.15. The monoisotopic (exact) mass is 393 g/mol. The summed E-state index contributed by atoms with van der Waals surface area (Å²) >= 11 is 0. The summed E-state index contributed by atoms with van der Waals surface area (Å²) in [5, 5.41) is 23.2. The van der Waals surface area contributed by atoms with E-state index in [0.717, 1.165) is 12.1 Å². The van der Waals surface area contributed by atoms with Crippen LogP contribution in [0.4, 0.5) is 17.3 Å². The summed E-state index contributed by atoms with van der Waals surface area (Å²) in [6.45, 7) is 0. The van der Waals surface area contributed by atoms with Crippen molar-refractivity contribution >= 4 is 40.0 Å². The van der Waals surface area contributed by atoms with E-state index >= 15 is 0 Å². The Labute approximate surface area is 164 Å². The summed E-state index contributed by atoms with van der Waals surface area (Å²) in [7, 11) is 1.77. The molecular formula is C19H19N7O3. The molecule has 0 spiro atoms. The van der Waals surface area contributed by atoms with Gasteiger partial charge in [-0.05, 0) is 25.0 Å². The van der Waals surface area contributed by atoms with Crippen molar-refractivity contribution < 1.29 is 14.3 Å². The minimum atomic E-state index is -0.498. The van der Waals surface area contributed by atoms with Crippen molar-refractivity contribution in [1.29, 1.82) is 0 Å². The predicted octanol–water partition coefficient (Wildman–Crippen LogP) is 1.91. The Balaban J connectivity index is 1.52. The lowest BCUT2D eigenvalue weighted by Crippen LogP contribution is -2.50. The molecule has 3 heterocycles. The molecule has 10 nitrogen and oxygen atoms in total. The highest BCUT2D eigenvalue weighted by Gasteiger charge is 2.31. The van der Waals surface area contributed by atoms with E-state index in [1.165, 1.54) is 12.6 Å². The lowest BCUT2D eigenvalue weighted by Gasteiger charge is -2.32. The van der Waals surface area contributed by atoms with Gasteiger partial charge >= 0.3 is 0 Å². The number of oxazole rings is 1. The molecule has 4 N–H and O–H groups in total. The van der Waals surface area contributed by atoms with Gasteiger partial charge in [0.25, 0.3) is 5.91 Å². The van der Waals surface area contributed by atoms with Crippen LogP contribution in [-0.2, 0) is 0 Å². The third kappa shape index (κ3) is 2.93. The molecule has 10 heteroatoms. The van der Waals surface area contributed by atoms with Crippen LogP contribution in [0.3, 0.4) is 0 Å². The second-order valence-electron chi connectivity index (χ2n) is 6.92. The number of anilines is 3. The zero-order valence-electron chi connectivity index (χ0n) is 15.6. The summed E-state index contributed by atoms with van der Waals surface area (Å²) in [5.41, 5.74) is 2.82. The second kappa shape index (κ2) is 6.74. The van der Waals surface area contributed by atoms with Crippen LogP contribution in [-0.4, -0.2) is 49.8 Å². The van der Waals surface area contributed by atoms with Gasteiger partial charge in [0.05, 0.1) is 24.0 Å². The molecule has 1 saturated carbocycles. The molecule has 2 atom stereocenters. The summed E-state index contributed by atoms with van der Waals surface area (Å²) < 4.78 is 6.90. The molecule has 4 aromatic rings. The minimum absolute atomic E-state index is 0.229. The van der Waals surface area contributed by atoms with E-state index in [1.807, 2.05) is 18.2 Å². The SMILES string of the molecule is CNc1cc(Nc2cccc3ocnc23)nc2c(C(=O)NC3CCC3O)cnn12. The normalized spacial score (nSPS) is 18.6. The predicted molar refractivity (Wildman–Crippen MR) is 106 cm³/mol. The van der Waals surface area contributed by atoms with Crippen molar-refractivity contribution in [2.75, 3.05) is 17.7 Å². The number of nitrogens with one attached hydrogen (secondary N) is 3. The highest BCUT2D eigenvalue weighted by Crippen LogP contribution is 2.27. The van der Waals surface area contributed by atoms with Crippen LogP contribution < -0.4 is 16.0 Å². The second-order valence-corrected chi connectivity index (χ2v) is 6.92. The topological polar surface area (TPSA) is 130 Å². The van der Waals surface area contributed by atoms with Crippen molar-refractivity contribution in [3.63, 3.8) is 0 Å². The number of aromatic nitrogens is 4. The van der Waals surface area contributed by atoms with E-state index in [4.69, 9.17) is 4.42 Å². The van der Waals surface area contributed by atoms with Gasteiger partial charge in [-0.1, -0.05) is 6.07 Å².